The van der Waals surface area contributed by atoms with Gasteiger partial charge in [-0.3, -0.25) is 4.68 Å². The Bertz CT molecular complexity index is 1150. The van der Waals surface area contributed by atoms with Crippen molar-refractivity contribution in [1.29, 1.82) is 5.26 Å². The van der Waals surface area contributed by atoms with Gasteiger partial charge in [0.15, 0.2) is 0 Å². The Kier molecular flexibility index (Phi) is 6.19. The molecule has 4 heterocycles. The van der Waals surface area contributed by atoms with Gasteiger partial charge in [0.1, 0.15) is 17.5 Å². The summed E-state index contributed by atoms with van der Waals surface area (Å²) in [5, 5.41) is 14.6. The lowest BCUT2D eigenvalue weighted by molar-refractivity contribution is 0.0719. The molecular formula is C17H20ClN7O2S2. The Labute approximate surface area is 179 Å². The number of sulfonamides is 1. The second kappa shape index (κ2) is 8.31. The highest BCUT2D eigenvalue weighted by Gasteiger charge is 2.50. The molecule has 4 rings (SSSR count). The van der Waals surface area contributed by atoms with Gasteiger partial charge in [-0.15, -0.1) is 12.4 Å². The van der Waals surface area contributed by atoms with Crippen molar-refractivity contribution in [2.75, 3.05) is 30.9 Å². The van der Waals surface area contributed by atoms with Crippen LogP contribution >= 0.6 is 24.2 Å². The van der Waals surface area contributed by atoms with Gasteiger partial charge in [-0.25, -0.2) is 18.4 Å². The predicted octanol–water partition coefficient (Wildman–Crippen LogP) is 1.86. The van der Waals surface area contributed by atoms with E-state index in [-0.39, 0.29) is 37.7 Å². The van der Waals surface area contributed by atoms with Gasteiger partial charge in [-0.2, -0.15) is 26.4 Å². The van der Waals surface area contributed by atoms with Gasteiger partial charge in [0.05, 0.1) is 30.1 Å². The fraction of sp³-hybridized carbons (Fsp3) is 0.412. The zero-order valence-electron chi connectivity index (χ0n) is 15.6. The smallest absolute Gasteiger partial charge is 0.215 e. The first-order valence-electron chi connectivity index (χ1n) is 8.66. The van der Waals surface area contributed by atoms with Crippen LogP contribution in [0.1, 0.15) is 6.42 Å². The summed E-state index contributed by atoms with van der Waals surface area (Å²) in [4.78, 5) is 11.6. The molecule has 3 aromatic heterocycles. The fourth-order valence-corrected chi connectivity index (χ4v) is 6.06. The number of H-pyrrole nitrogens is 1. The number of thioether (sulfide) groups is 1. The van der Waals surface area contributed by atoms with E-state index >= 15 is 0 Å². The third-order valence-electron chi connectivity index (χ3n) is 4.98. The van der Waals surface area contributed by atoms with E-state index in [0.717, 1.165) is 22.3 Å². The minimum Gasteiger partial charge on any atom is -0.346 e. The SMILES string of the molecule is CSCCS(=O)(=O)N1CC(CC#N)(n2cc(-c3ncnc4[nH]ccc34)cn2)C1.Cl. The Morgan fingerprint density at radius 1 is 1.38 bits per heavy atom. The Morgan fingerprint density at radius 2 is 2.17 bits per heavy atom. The molecule has 0 aliphatic carbocycles. The van der Waals surface area contributed by atoms with Gasteiger partial charge < -0.3 is 4.98 Å². The van der Waals surface area contributed by atoms with Crippen LogP contribution in [0.3, 0.4) is 0 Å². The number of nitrogens with one attached hydrogen (secondary N) is 1. The number of nitriles is 1. The first-order chi connectivity index (χ1) is 13.5. The number of nitrogens with zero attached hydrogens (tertiary/aromatic N) is 6. The van der Waals surface area contributed by atoms with Crippen molar-refractivity contribution < 1.29 is 8.42 Å². The summed E-state index contributed by atoms with van der Waals surface area (Å²) in [5.41, 5.74) is 1.63. The number of hydrogen-bond acceptors (Lipinski definition) is 7. The summed E-state index contributed by atoms with van der Waals surface area (Å²) in [7, 11) is -3.31. The van der Waals surface area contributed by atoms with Crippen molar-refractivity contribution >= 4 is 45.2 Å². The molecule has 0 bridgehead atoms. The van der Waals surface area contributed by atoms with Crippen LogP contribution in [-0.2, 0) is 15.6 Å². The fourth-order valence-electron chi connectivity index (χ4n) is 3.42. The van der Waals surface area contributed by atoms with E-state index in [1.54, 1.807) is 17.1 Å². The molecule has 0 atom stereocenters. The summed E-state index contributed by atoms with van der Waals surface area (Å²) in [6, 6.07) is 4.08. The Morgan fingerprint density at radius 3 is 2.90 bits per heavy atom. The molecule has 0 radical (unpaired) electrons. The van der Waals surface area contributed by atoms with E-state index in [0.29, 0.717) is 5.75 Å². The molecule has 0 spiro atoms. The lowest BCUT2D eigenvalue weighted by atomic mass is 9.89. The summed E-state index contributed by atoms with van der Waals surface area (Å²) in [6.45, 7) is 0.503. The molecule has 1 saturated heterocycles. The molecule has 9 nitrogen and oxygen atoms in total. The number of fused-ring (bicyclic) bond motifs is 1. The van der Waals surface area contributed by atoms with Crippen molar-refractivity contribution in [1.82, 2.24) is 29.0 Å². The Balaban J connectivity index is 0.00000240. The number of aromatic amines is 1. The standard InChI is InChI=1S/C17H19N7O2S2.ClH/c1-27-6-7-28(25,26)23-10-17(11-23,3-4-18)24-9-13(8-22-24)15-14-2-5-19-16(14)21-12-20-15;/h2,5,8-9,12H,3,6-7,10-11H2,1H3,(H,19,20,21);1H. The average molecular weight is 454 g/mol. The highest BCUT2D eigenvalue weighted by Crippen LogP contribution is 2.36. The van der Waals surface area contributed by atoms with E-state index in [4.69, 9.17) is 0 Å². The van der Waals surface area contributed by atoms with E-state index in [1.807, 2.05) is 18.5 Å². The lowest BCUT2D eigenvalue weighted by Gasteiger charge is -2.47. The molecule has 154 valence electrons. The summed E-state index contributed by atoms with van der Waals surface area (Å²) in [5.74, 6) is 0.657. The topological polar surface area (TPSA) is 121 Å². The molecule has 1 aliphatic rings. The lowest BCUT2D eigenvalue weighted by Crippen LogP contribution is -2.64. The van der Waals surface area contributed by atoms with Gasteiger partial charge in [0.2, 0.25) is 10.0 Å². The number of aromatic nitrogens is 5. The molecule has 29 heavy (non-hydrogen) atoms. The van der Waals surface area contributed by atoms with E-state index < -0.39 is 15.6 Å². The first-order valence-corrected chi connectivity index (χ1v) is 11.7. The maximum absolute atomic E-state index is 12.4. The summed E-state index contributed by atoms with van der Waals surface area (Å²) < 4.78 is 28.0. The van der Waals surface area contributed by atoms with Gasteiger partial charge in [-0.05, 0) is 12.3 Å². The minimum absolute atomic E-state index is 0. The van der Waals surface area contributed by atoms with Crippen molar-refractivity contribution in [3.63, 3.8) is 0 Å². The predicted molar refractivity (Wildman–Crippen MR) is 114 cm³/mol. The monoisotopic (exact) mass is 453 g/mol. The molecule has 1 aliphatic heterocycles. The van der Waals surface area contributed by atoms with Gasteiger partial charge in [0.25, 0.3) is 0 Å². The van der Waals surface area contributed by atoms with Crippen LogP contribution in [-0.4, -0.2) is 68.3 Å². The van der Waals surface area contributed by atoms with Gasteiger partial charge in [0, 0.05) is 42.2 Å². The maximum atomic E-state index is 12.4. The zero-order valence-corrected chi connectivity index (χ0v) is 18.1. The van der Waals surface area contributed by atoms with Crippen LogP contribution in [0.15, 0.2) is 31.0 Å². The molecule has 0 amide bonds. The average Bonchev–Trinajstić information content (AvgIpc) is 3.31. The summed E-state index contributed by atoms with van der Waals surface area (Å²) in [6.07, 6.45) is 8.88. The van der Waals surface area contributed by atoms with E-state index in [2.05, 4.69) is 26.1 Å². The van der Waals surface area contributed by atoms with Gasteiger partial charge >= 0.3 is 0 Å². The van der Waals surface area contributed by atoms with Crippen molar-refractivity contribution in [2.45, 2.75) is 12.0 Å². The quantitative estimate of drug-likeness (QED) is 0.579. The highest BCUT2D eigenvalue weighted by atomic mass is 35.5. The molecule has 12 heteroatoms. The Hall–Kier alpha value is -2.13. The molecule has 0 unspecified atom stereocenters. The second-order valence-electron chi connectivity index (χ2n) is 6.77. The normalized spacial score (nSPS) is 16.1. The third kappa shape index (κ3) is 3.85. The molecule has 3 aromatic rings. The number of halogens is 1. The van der Waals surface area contributed by atoms with Crippen LogP contribution in [0.4, 0.5) is 0 Å². The minimum atomic E-state index is -3.31. The van der Waals surface area contributed by atoms with Gasteiger partial charge in [-0.1, -0.05) is 0 Å². The molecule has 0 saturated carbocycles. The maximum Gasteiger partial charge on any atom is 0.215 e. The van der Waals surface area contributed by atoms with Crippen LogP contribution in [0.5, 0.6) is 0 Å². The first kappa shape index (κ1) is 21.6. The van der Waals surface area contributed by atoms with Crippen molar-refractivity contribution in [2.24, 2.45) is 0 Å². The third-order valence-corrected chi connectivity index (χ3v) is 7.62. The largest absolute Gasteiger partial charge is 0.346 e. The number of rotatable bonds is 7. The van der Waals surface area contributed by atoms with E-state index in [1.165, 1.54) is 22.4 Å². The highest BCUT2D eigenvalue weighted by molar-refractivity contribution is 7.99. The van der Waals surface area contributed by atoms with Crippen molar-refractivity contribution in [3.05, 3.63) is 31.0 Å². The molecule has 0 aromatic carbocycles. The second-order valence-corrected chi connectivity index (χ2v) is 9.85. The molecule has 1 N–H and O–H groups in total. The van der Waals surface area contributed by atoms with Crippen molar-refractivity contribution in [3.8, 4) is 17.3 Å². The molecule has 1 fully saturated rings. The van der Waals surface area contributed by atoms with Crippen LogP contribution in [0.2, 0.25) is 0 Å². The van der Waals surface area contributed by atoms with Crippen LogP contribution in [0, 0.1) is 11.3 Å². The van der Waals surface area contributed by atoms with Crippen LogP contribution < -0.4 is 0 Å². The number of hydrogen-bond donors (Lipinski definition) is 1. The van der Waals surface area contributed by atoms with Crippen LogP contribution in [0.25, 0.3) is 22.3 Å². The van der Waals surface area contributed by atoms with E-state index in [9.17, 15) is 13.7 Å². The summed E-state index contributed by atoms with van der Waals surface area (Å²) >= 11 is 1.50. The zero-order chi connectivity index (χ0) is 19.8. The molecular weight excluding hydrogens is 434 g/mol.